The predicted octanol–water partition coefficient (Wildman–Crippen LogP) is 2.63. The van der Waals surface area contributed by atoms with Crippen molar-refractivity contribution < 1.29 is 9.90 Å². The van der Waals surface area contributed by atoms with E-state index in [9.17, 15) is 9.90 Å². The van der Waals surface area contributed by atoms with Crippen LogP contribution in [0.25, 0.3) is 0 Å². The molecule has 0 radical (unpaired) electrons. The van der Waals surface area contributed by atoms with E-state index < -0.39 is 5.60 Å². The van der Waals surface area contributed by atoms with Gasteiger partial charge in [-0.2, -0.15) is 0 Å². The molecule has 0 bridgehead atoms. The lowest BCUT2D eigenvalue weighted by atomic mass is 9.66. The quantitative estimate of drug-likeness (QED) is 0.781. The van der Waals surface area contributed by atoms with Gasteiger partial charge in [0.25, 0.3) is 5.91 Å². The van der Waals surface area contributed by atoms with Gasteiger partial charge in [-0.25, -0.2) is 0 Å². The highest BCUT2D eigenvalue weighted by Crippen LogP contribution is 2.41. The molecular formula is C19H30N2O2. The van der Waals surface area contributed by atoms with Crippen molar-refractivity contribution in [3.05, 3.63) is 35.9 Å². The minimum Gasteiger partial charge on any atom is -0.380 e. The minimum atomic E-state index is -1.28. The number of rotatable bonds is 5. The average Bonchev–Trinajstić information content (AvgIpc) is 2.52. The number of hydrogen-bond donors (Lipinski definition) is 3. The first-order valence-electron chi connectivity index (χ1n) is 8.65. The summed E-state index contributed by atoms with van der Waals surface area (Å²) in [6, 6.07) is 9.44. The van der Waals surface area contributed by atoms with E-state index in [0.29, 0.717) is 18.9 Å². The SMILES string of the molecule is CC1CCC(C(C)C)[C@@](O)(C(=O)NCC(N)c2ccccc2)C1. The van der Waals surface area contributed by atoms with Crippen LogP contribution in [0.5, 0.6) is 0 Å². The van der Waals surface area contributed by atoms with Gasteiger partial charge in [-0.3, -0.25) is 4.79 Å². The van der Waals surface area contributed by atoms with Gasteiger partial charge in [0.1, 0.15) is 5.60 Å². The van der Waals surface area contributed by atoms with Gasteiger partial charge in [-0.05, 0) is 36.2 Å². The Labute approximate surface area is 139 Å². The van der Waals surface area contributed by atoms with Crippen molar-refractivity contribution in [3.63, 3.8) is 0 Å². The molecule has 1 aliphatic carbocycles. The van der Waals surface area contributed by atoms with Crippen LogP contribution >= 0.6 is 0 Å². The number of carbonyl (C=O) groups excluding carboxylic acids is 1. The summed E-state index contributed by atoms with van der Waals surface area (Å²) in [7, 11) is 0. The molecule has 4 N–H and O–H groups in total. The highest BCUT2D eigenvalue weighted by Gasteiger charge is 2.48. The summed E-state index contributed by atoms with van der Waals surface area (Å²) in [4.78, 5) is 12.7. The van der Waals surface area contributed by atoms with Crippen molar-refractivity contribution >= 4 is 5.91 Å². The number of benzene rings is 1. The fourth-order valence-corrected chi connectivity index (χ4v) is 3.81. The molecule has 128 valence electrons. The van der Waals surface area contributed by atoms with Crippen LogP contribution in [0.2, 0.25) is 0 Å². The Hall–Kier alpha value is -1.39. The molecule has 4 heteroatoms. The van der Waals surface area contributed by atoms with E-state index >= 15 is 0 Å². The molecule has 0 saturated heterocycles. The van der Waals surface area contributed by atoms with Gasteiger partial charge in [-0.1, -0.05) is 57.5 Å². The third-order valence-corrected chi connectivity index (χ3v) is 5.15. The molecule has 1 fully saturated rings. The van der Waals surface area contributed by atoms with Crippen LogP contribution in [0.4, 0.5) is 0 Å². The Kier molecular flexibility index (Phi) is 5.82. The number of nitrogens with two attached hydrogens (primary N) is 1. The standard InChI is InChI=1S/C19H30N2O2/c1-13(2)16-10-9-14(3)11-19(16,23)18(22)21-12-17(20)15-7-5-4-6-8-15/h4-8,13-14,16-17,23H,9-12,20H2,1-3H3,(H,21,22)/t14?,16?,17?,19-/m1/s1. The molecule has 4 nitrogen and oxygen atoms in total. The number of aliphatic hydroxyl groups is 1. The summed E-state index contributed by atoms with van der Waals surface area (Å²) in [5.41, 5.74) is 5.85. The lowest BCUT2D eigenvalue weighted by molar-refractivity contribution is -0.155. The molecule has 23 heavy (non-hydrogen) atoms. The van der Waals surface area contributed by atoms with Gasteiger partial charge < -0.3 is 16.2 Å². The lowest BCUT2D eigenvalue weighted by Gasteiger charge is -2.43. The highest BCUT2D eigenvalue weighted by atomic mass is 16.3. The van der Waals surface area contributed by atoms with E-state index in [4.69, 9.17) is 5.73 Å². The topological polar surface area (TPSA) is 75.3 Å². The molecule has 3 unspecified atom stereocenters. The maximum absolute atomic E-state index is 12.7. The molecule has 1 aromatic rings. The second kappa shape index (κ2) is 7.45. The van der Waals surface area contributed by atoms with Crippen molar-refractivity contribution in [2.75, 3.05) is 6.54 Å². The Balaban J connectivity index is 2.02. The Morgan fingerprint density at radius 3 is 2.61 bits per heavy atom. The van der Waals surface area contributed by atoms with Crippen molar-refractivity contribution in [2.24, 2.45) is 23.5 Å². The first kappa shape index (κ1) is 18.0. The van der Waals surface area contributed by atoms with Gasteiger partial charge >= 0.3 is 0 Å². The first-order chi connectivity index (χ1) is 10.8. The monoisotopic (exact) mass is 318 g/mol. The van der Waals surface area contributed by atoms with E-state index in [1.54, 1.807) is 0 Å². The number of nitrogens with one attached hydrogen (secondary N) is 1. The van der Waals surface area contributed by atoms with Crippen molar-refractivity contribution in [1.82, 2.24) is 5.32 Å². The molecule has 1 aromatic carbocycles. The van der Waals surface area contributed by atoms with Crippen molar-refractivity contribution in [1.29, 1.82) is 0 Å². The molecule has 1 aliphatic rings. The molecule has 0 aromatic heterocycles. The van der Waals surface area contributed by atoms with E-state index in [1.807, 2.05) is 30.3 Å². The van der Waals surface area contributed by atoms with Crippen LogP contribution < -0.4 is 11.1 Å². The maximum Gasteiger partial charge on any atom is 0.252 e. The molecule has 1 saturated carbocycles. The van der Waals surface area contributed by atoms with Gasteiger partial charge in [-0.15, -0.1) is 0 Å². The first-order valence-corrected chi connectivity index (χ1v) is 8.65. The van der Waals surface area contributed by atoms with Gasteiger partial charge in [0.05, 0.1) is 0 Å². The summed E-state index contributed by atoms with van der Waals surface area (Å²) in [6.45, 7) is 6.60. The zero-order valence-corrected chi connectivity index (χ0v) is 14.5. The summed E-state index contributed by atoms with van der Waals surface area (Å²) in [5.74, 6) is 0.380. The second-order valence-electron chi connectivity index (χ2n) is 7.39. The Bertz CT molecular complexity index is 517. The predicted molar refractivity (Wildman–Crippen MR) is 92.7 cm³/mol. The van der Waals surface area contributed by atoms with Crippen LogP contribution in [-0.2, 0) is 4.79 Å². The van der Waals surface area contributed by atoms with Crippen molar-refractivity contribution in [2.45, 2.75) is 51.7 Å². The molecule has 1 amide bonds. The van der Waals surface area contributed by atoms with Gasteiger partial charge in [0.15, 0.2) is 0 Å². The summed E-state index contributed by atoms with van der Waals surface area (Å²) >= 11 is 0. The highest BCUT2D eigenvalue weighted by molar-refractivity contribution is 5.85. The smallest absolute Gasteiger partial charge is 0.252 e. The molecule has 0 heterocycles. The maximum atomic E-state index is 12.7. The number of amides is 1. The van der Waals surface area contributed by atoms with Crippen LogP contribution in [0, 0.1) is 17.8 Å². The molecule has 4 atom stereocenters. The van der Waals surface area contributed by atoms with E-state index in [-0.39, 0.29) is 23.8 Å². The summed E-state index contributed by atoms with van der Waals surface area (Å²) in [5, 5.41) is 14.0. The van der Waals surface area contributed by atoms with E-state index in [0.717, 1.165) is 18.4 Å². The van der Waals surface area contributed by atoms with Crippen LogP contribution in [0.3, 0.4) is 0 Å². The molecular weight excluding hydrogens is 288 g/mol. The van der Waals surface area contributed by atoms with Crippen LogP contribution in [0.1, 0.15) is 51.6 Å². The average molecular weight is 318 g/mol. The number of hydrogen-bond acceptors (Lipinski definition) is 3. The third-order valence-electron chi connectivity index (χ3n) is 5.15. The van der Waals surface area contributed by atoms with Crippen LogP contribution in [-0.4, -0.2) is 23.2 Å². The fraction of sp³-hybridized carbons (Fsp3) is 0.632. The molecule has 0 spiro atoms. The summed E-state index contributed by atoms with van der Waals surface area (Å²) in [6.07, 6.45) is 2.50. The second-order valence-corrected chi connectivity index (χ2v) is 7.39. The van der Waals surface area contributed by atoms with Crippen molar-refractivity contribution in [3.8, 4) is 0 Å². The molecule has 0 aliphatic heterocycles. The van der Waals surface area contributed by atoms with E-state index in [2.05, 4.69) is 26.1 Å². The largest absolute Gasteiger partial charge is 0.380 e. The van der Waals surface area contributed by atoms with Gasteiger partial charge in [0, 0.05) is 12.6 Å². The van der Waals surface area contributed by atoms with E-state index in [1.165, 1.54) is 0 Å². The minimum absolute atomic E-state index is 0.00616. The zero-order valence-electron chi connectivity index (χ0n) is 14.5. The zero-order chi connectivity index (χ0) is 17.0. The lowest BCUT2D eigenvalue weighted by Crippen LogP contribution is -2.57. The third kappa shape index (κ3) is 4.12. The Morgan fingerprint density at radius 2 is 2.00 bits per heavy atom. The van der Waals surface area contributed by atoms with Crippen LogP contribution in [0.15, 0.2) is 30.3 Å². The molecule has 2 rings (SSSR count). The Morgan fingerprint density at radius 1 is 1.35 bits per heavy atom. The fourth-order valence-electron chi connectivity index (χ4n) is 3.81. The van der Waals surface area contributed by atoms with Gasteiger partial charge in [0.2, 0.25) is 0 Å². The summed E-state index contributed by atoms with van der Waals surface area (Å²) < 4.78 is 0. The normalized spacial score (nSPS) is 29.3. The number of carbonyl (C=O) groups is 1.